The number of sulfonamides is 1. The molecule has 0 aliphatic carbocycles. The van der Waals surface area contributed by atoms with Crippen molar-refractivity contribution in [2.45, 2.75) is 11.3 Å². The Morgan fingerprint density at radius 2 is 1.94 bits per heavy atom. The van der Waals surface area contributed by atoms with Crippen molar-refractivity contribution in [3.05, 3.63) is 53.6 Å². The van der Waals surface area contributed by atoms with E-state index in [0.717, 1.165) is 28.2 Å². The molecular weight excluding hydrogens is 430 g/mol. The number of fused-ring (bicyclic) bond motifs is 2. The number of nitrogens with two attached hydrogens (primary N) is 1. The maximum Gasteiger partial charge on any atom is 0.243 e. The number of hydrogen-bond donors (Lipinski definition) is 3. The van der Waals surface area contributed by atoms with E-state index in [-0.39, 0.29) is 10.7 Å². The van der Waals surface area contributed by atoms with Crippen LogP contribution in [0.4, 0.5) is 0 Å². The third kappa shape index (κ3) is 3.53. The number of rotatable bonds is 5. The molecule has 1 fully saturated rings. The van der Waals surface area contributed by atoms with E-state index in [1.165, 1.54) is 4.31 Å². The van der Waals surface area contributed by atoms with Crippen LogP contribution >= 0.6 is 0 Å². The number of nitrogens with zero attached hydrogens (tertiary/aromatic N) is 4. The van der Waals surface area contributed by atoms with Crippen molar-refractivity contribution >= 4 is 37.9 Å². The minimum absolute atomic E-state index is 0.00497. The van der Waals surface area contributed by atoms with Gasteiger partial charge in [0.15, 0.2) is 0 Å². The number of amidine groups is 1. The van der Waals surface area contributed by atoms with Gasteiger partial charge in [0, 0.05) is 25.7 Å². The van der Waals surface area contributed by atoms with Gasteiger partial charge in [0.1, 0.15) is 17.5 Å². The Balaban J connectivity index is 1.47. The lowest BCUT2D eigenvalue weighted by molar-refractivity contribution is 0.0730. The Kier molecular flexibility index (Phi) is 4.96. The average molecular weight is 454 g/mol. The topological polar surface area (TPSA) is 143 Å². The molecule has 1 saturated heterocycles. The van der Waals surface area contributed by atoms with Crippen molar-refractivity contribution < 1.29 is 13.2 Å². The Labute approximate surface area is 184 Å². The van der Waals surface area contributed by atoms with Crippen molar-refractivity contribution in [3.63, 3.8) is 0 Å². The molecule has 2 aromatic heterocycles. The summed E-state index contributed by atoms with van der Waals surface area (Å²) in [5, 5.41) is 7.59. The van der Waals surface area contributed by atoms with Gasteiger partial charge in [0.05, 0.1) is 46.6 Å². The van der Waals surface area contributed by atoms with Crippen LogP contribution in [-0.4, -0.2) is 64.4 Å². The van der Waals surface area contributed by atoms with Gasteiger partial charge >= 0.3 is 0 Å². The monoisotopic (exact) mass is 453 g/mol. The Bertz CT molecular complexity index is 1450. The first kappa shape index (κ1) is 20.6. The van der Waals surface area contributed by atoms with Gasteiger partial charge in [0.25, 0.3) is 0 Å². The fraction of sp³-hybridized carbons (Fsp3) is 0.286. The van der Waals surface area contributed by atoms with E-state index in [1.54, 1.807) is 30.3 Å². The first-order valence-corrected chi connectivity index (χ1v) is 11.6. The second-order valence-corrected chi connectivity index (χ2v) is 9.70. The van der Waals surface area contributed by atoms with Gasteiger partial charge < -0.3 is 20.0 Å². The second kappa shape index (κ2) is 7.69. The molecule has 3 heterocycles. The number of aromatic amines is 1. The summed E-state index contributed by atoms with van der Waals surface area (Å²) in [5.74, 6) is 1.47. The molecule has 2 aromatic carbocycles. The van der Waals surface area contributed by atoms with E-state index in [0.29, 0.717) is 43.8 Å². The largest absolute Gasteiger partial charge is 0.384 e. The van der Waals surface area contributed by atoms with Crippen LogP contribution in [0.15, 0.2) is 41.3 Å². The zero-order valence-electron chi connectivity index (χ0n) is 17.5. The van der Waals surface area contributed by atoms with Crippen LogP contribution < -0.4 is 5.73 Å². The fourth-order valence-corrected chi connectivity index (χ4v) is 5.37. The summed E-state index contributed by atoms with van der Waals surface area (Å²) >= 11 is 0. The van der Waals surface area contributed by atoms with Gasteiger partial charge in [-0.05, 0) is 36.4 Å². The molecule has 0 unspecified atom stereocenters. The van der Waals surface area contributed by atoms with Crippen LogP contribution in [0.2, 0.25) is 0 Å². The molecule has 0 bridgehead atoms. The molecule has 0 radical (unpaired) electrons. The molecule has 10 nitrogen and oxygen atoms in total. The number of nitrogen functional groups attached to an aromatic ring is 1. The molecule has 0 spiro atoms. The molecule has 0 amide bonds. The number of aryl methyl sites for hydroxylation is 1. The van der Waals surface area contributed by atoms with Crippen LogP contribution in [0.3, 0.4) is 0 Å². The highest BCUT2D eigenvalue weighted by molar-refractivity contribution is 7.89. The minimum Gasteiger partial charge on any atom is -0.384 e. The normalized spacial score (nSPS) is 15.5. The highest BCUT2D eigenvalue weighted by atomic mass is 32.2. The summed E-state index contributed by atoms with van der Waals surface area (Å²) in [6.07, 6.45) is 0.445. The van der Waals surface area contributed by atoms with Crippen LogP contribution in [-0.2, 0) is 28.2 Å². The smallest absolute Gasteiger partial charge is 0.243 e. The van der Waals surface area contributed by atoms with E-state index in [2.05, 4.69) is 15.0 Å². The van der Waals surface area contributed by atoms with Gasteiger partial charge in [-0.15, -0.1) is 0 Å². The quantitative estimate of drug-likeness (QED) is 0.307. The highest BCUT2D eigenvalue weighted by Gasteiger charge is 2.27. The molecule has 32 heavy (non-hydrogen) atoms. The third-order valence-corrected chi connectivity index (χ3v) is 7.62. The number of imidazole rings is 2. The number of H-pyrrole nitrogens is 1. The molecule has 0 atom stereocenters. The summed E-state index contributed by atoms with van der Waals surface area (Å²) in [5.41, 5.74) is 9.22. The Morgan fingerprint density at radius 3 is 2.69 bits per heavy atom. The summed E-state index contributed by atoms with van der Waals surface area (Å²) in [6, 6.07) is 10.4. The van der Waals surface area contributed by atoms with Crippen molar-refractivity contribution in [3.8, 4) is 0 Å². The van der Waals surface area contributed by atoms with Gasteiger partial charge in [-0.25, -0.2) is 18.4 Å². The Hall–Kier alpha value is -3.28. The number of benzene rings is 2. The average Bonchev–Trinajstić information content (AvgIpc) is 3.33. The number of nitrogens with one attached hydrogen (secondary N) is 2. The van der Waals surface area contributed by atoms with Gasteiger partial charge in [0.2, 0.25) is 10.0 Å². The highest BCUT2D eigenvalue weighted by Crippen LogP contribution is 2.24. The first-order valence-electron chi connectivity index (χ1n) is 10.2. The van der Waals surface area contributed by atoms with E-state index in [4.69, 9.17) is 15.9 Å². The lowest BCUT2D eigenvalue weighted by Gasteiger charge is -2.26. The third-order valence-electron chi connectivity index (χ3n) is 5.72. The number of hydrogen-bond acceptors (Lipinski definition) is 6. The molecule has 4 N–H and O–H groups in total. The lowest BCUT2D eigenvalue weighted by atomic mass is 10.2. The van der Waals surface area contributed by atoms with Crippen molar-refractivity contribution in [2.75, 3.05) is 26.3 Å². The summed E-state index contributed by atoms with van der Waals surface area (Å²) < 4.78 is 34.6. The molecule has 0 saturated carbocycles. The molecule has 5 rings (SSSR count). The SMILES string of the molecule is Cn1c(Cc2nc3cc(C(=N)N)ccc3[nH]2)nc2cc(S(=O)(=O)N3CCOCC3)ccc21. The first-order chi connectivity index (χ1) is 15.3. The summed E-state index contributed by atoms with van der Waals surface area (Å²) in [7, 11) is -1.69. The lowest BCUT2D eigenvalue weighted by Crippen LogP contribution is -2.40. The van der Waals surface area contributed by atoms with Gasteiger partial charge in [-0.2, -0.15) is 4.31 Å². The zero-order valence-corrected chi connectivity index (χ0v) is 18.3. The van der Waals surface area contributed by atoms with Crippen LogP contribution in [0.1, 0.15) is 17.2 Å². The number of morpholine rings is 1. The second-order valence-electron chi connectivity index (χ2n) is 7.76. The van der Waals surface area contributed by atoms with Crippen molar-refractivity contribution in [1.82, 2.24) is 23.8 Å². The van der Waals surface area contributed by atoms with E-state index < -0.39 is 10.0 Å². The zero-order chi connectivity index (χ0) is 22.5. The maximum atomic E-state index is 13.0. The summed E-state index contributed by atoms with van der Waals surface area (Å²) in [6.45, 7) is 1.51. The molecule has 4 aromatic rings. The molecule has 1 aliphatic rings. The number of aromatic nitrogens is 4. The predicted molar refractivity (Wildman–Crippen MR) is 120 cm³/mol. The van der Waals surface area contributed by atoms with Crippen LogP contribution in [0.5, 0.6) is 0 Å². The van der Waals surface area contributed by atoms with Crippen LogP contribution in [0, 0.1) is 5.41 Å². The van der Waals surface area contributed by atoms with Crippen molar-refractivity contribution in [2.24, 2.45) is 12.8 Å². The van der Waals surface area contributed by atoms with Crippen molar-refractivity contribution in [1.29, 1.82) is 5.41 Å². The minimum atomic E-state index is -3.59. The van der Waals surface area contributed by atoms with E-state index >= 15 is 0 Å². The Morgan fingerprint density at radius 1 is 1.16 bits per heavy atom. The van der Waals surface area contributed by atoms with Gasteiger partial charge in [-0.1, -0.05) is 0 Å². The number of ether oxygens (including phenoxy) is 1. The fourth-order valence-electron chi connectivity index (χ4n) is 3.94. The standard InChI is InChI=1S/C21H23N7O3S/c1-27-18-5-3-14(32(29,30)28-6-8-31-9-7-28)11-17(18)26-20(27)12-19-24-15-4-2-13(21(22)23)10-16(15)25-19/h2-5,10-11H,6-9,12H2,1H3,(H3,22,23)(H,24,25). The van der Waals surface area contributed by atoms with E-state index in [1.807, 2.05) is 17.7 Å². The van der Waals surface area contributed by atoms with Crippen LogP contribution in [0.25, 0.3) is 22.1 Å². The maximum absolute atomic E-state index is 13.0. The molecule has 166 valence electrons. The molecule has 1 aliphatic heterocycles. The predicted octanol–water partition coefficient (Wildman–Crippen LogP) is 1.35. The molecular formula is C21H23N7O3S. The van der Waals surface area contributed by atoms with E-state index in [9.17, 15) is 8.42 Å². The van der Waals surface area contributed by atoms with Gasteiger partial charge in [-0.3, -0.25) is 5.41 Å². The molecule has 11 heteroatoms. The summed E-state index contributed by atoms with van der Waals surface area (Å²) in [4.78, 5) is 12.8.